The number of carbonyl (C=O) groups excluding carboxylic acids is 2. The van der Waals surface area contributed by atoms with Crippen molar-refractivity contribution >= 4 is 23.6 Å². The normalized spacial score (nSPS) is 16.4. The van der Waals surface area contributed by atoms with Crippen LogP contribution in [0.5, 0.6) is 0 Å². The van der Waals surface area contributed by atoms with Gasteiger partial charge in [0.25, 0.3) is 0 Å². The fourth-order valence-electron chi connectivity index (χ4n) is 1.87. The van der Waals surface area contributed by atoms with Crippen LogP contribution in [0.25, 0.3) is 0 Å². The summed E-state index contributed by atoms with van der Waals surface area (Å²) in [5.74, 6) is -1.36. The zero-order chi connectivity index (χ0) is 14.7. The van der Waals surface area contributed by atoms with Crippen LogP contribution in [0.15, 0.2) is 18.2 Å². The Balaban J connectivity index is 1.93. The minimum atomic E-state index is -0.949. The molecule has 2 rings (SSSR count). The number of hydrogen-bond donors (Lipinski definition) is 1. The van der Waals surface area contributed by atoms with Gasteiger partial charge in [-0.05, 0) is 24.6 Å². The van der Waals surface area contributed by atoms with E-state index in [9.17, 15) is 18.4 Å². The SMILES string of the molecule is CC(NC(=O)CN1CSCC1=O)c1ccc(F)c(F)c1. The molecule has 1 aliphatic heterocycles. The van der Waals surface area contributed by atoms with Crippen LogP contribution >= 0.6 is 11.8 Å². The van der Waals surface area contributed by atoms with Crippen LogP contribution in [-0.4, -0.2) is 34.9 Å². The molecule has 4 nitrogen and oxygen atoms in total. The number of nitrogens with one attached hydrogen (secondary N) is 1. The highest BCUT2D eigenvalue weighted by molar-refractivity contribution is 8.00. The summed E-state index contributed by atoms with van der Waals surface area (Å²) in [6, 6.07) is 3.04. The Morgan fingerprint density at radius 2 is 2.20 bits per heavy atom. The molecule has 1 atom stereocenters. The highest BCUT2D eigenvalue weighted by Gasteiger charge is 2.23. The molecule has 1 saturated heterocycles. The van der Waals surface area contributed by atoms with Crippen LogP contribution < -0.4 is 5.32 Å². The van der Waals surface area contributed by atoms with E-state index < -0.39 is 17.7 Å². The third kappa shape index (κ3) is 3.47. The first-order valence-corrected chi connectivity index (χ1v) is 7.22. The lowest BCUT2D eigenvalue weighted by Gasteiger charge is -2.18. The first-order valence-electron chi connectivity index (χ1n) is 6.07. The van der Waals surface area contributed by atoms with E-state index in [1.54, 1.807) is 6.92 Å². The monoisotopic (exact) mass is 300 g/mol. The zero-order valence-electron chi connectivity index (χ0n) is 10.9. The second-order valence-electron chi connectivity index (χ2n) is 4.53. The van der Waals surface area contributed by atoms with Gasteiger partial charge in [-0.3, -0.25) is 9.59 Å². The summed E-state index contributed by atoms with van der Waals surface area (Å²) in [6.45, 7) is 1.66. The number of rotatable bonds is 4. The molecule has 1 aromatic rings. The molecule has 1 aliphatic rings. The number of nitrogens with zero attached hydrogens (tertiary/aromatic N) is 1. The zero-order valence-corrected chi connectivity index (χ0v) is 11.7. The maximum atomic E-state index is 13.1. The second kappa shape index (κ2) is 6.21. The van der Waals surface area contributed by atoms with Crippen molar-refractivity contribution in [3.05, 3.63) is 35.4 Å². The summed E-state index contributed by atoms with van der Waals surface area (Å²) in [5, 5.41) is 2.66. The molecule has 2 amide bonds. The Labute approximate surface area is 119 Å². The van der Waals surface area contributed by atoms with Crippen LogP contribution in [-0.2, 0) is 9.59 Å². The largest absolute Gasteiger partial charge is 0.348 e. The molecule has 1 unspecified atom stereocenters. The Bertz CT molecular complexity index is 539. The van der Waals surface area contributed by atoms with E-state index in [2.05, 4.69) is 5.32 Å². The van der Waals surface area contributed by atoms with Gasteiger partial charge in [-0.15, -0.1) is 11.8 Å². The van der Waals surface area contributed by atoms with E-state index in [0.717, 1.165) is 12.1 Å². The Morgan fingerprint density at radius 1 is 1.45 bits per heavy atom. The number of thioether (sulfide) groups is 1. The van der Waals surface area contributed by atoms with Crippen molar-refractivity contribution in [2.75, 3.05) is 18.2 Å². The maximum absolute atomic E-state index is 13.1. The van der Waals surface area contributed by atoms with Crippen molar-refractivity contribution in [2.24, 2.45) is 0 Å². The second-order valence-corrected chi connectivity index (χ2v) is 5.49. The quantitative estimate of drug-likeness (QED) is 0.920. The van der Waals surface area contributed by atoms with Crippen molar-refractivity contribution in [3.63, 3.8) is 0 Å². The van der Waals surface area contributed by atoms with Crippen molar-refractivity contribution in [2.45, 2.75) is 13.0 Å². The topological polar surface area (TPSA) is 49.4 Å². The van der Waals surface area contributed by atoms with Gasteiger partial charge in [0.15, 0.2) is 11.6 Å². The smallest absolute Gasteiger partial charge is 0.240 e. The Morgan fingerprint density at radius 3 is 2.80 bits per heavy atom. The van der Waals surface area contributed by atoms with E-state index >= 15 is 0 Å². The minimum absolute atomic E-state index is 0.0140. The number of hydrogen-bond acceptors (Lipinski definition) is 3. The number of amides is 2. The molecule has 1 N–H and O–H groups in total. The average Bonchev–Trinajstić information content (AvgIpc) is 2.78. The standard InChI is InChI=1S/C13H14F2N2O2S/c1-8(9-2-3-10(14)11(15)4-9)16-12(18)5-17-7-20-6-13(17)19/h2-4,8H,5-7H2,1H3,(H,16,18). The molecule has 1 fully saturated rings. The molecule has 0 spiro atoms. The fraction of sp³-hybridized carbons (Fsp3) is 0.385. The molecule has 0 aromatic heterocycles. The highest BCUT2D eigenvalue weighted by Crippen LogP contribution is 2.17. The van der Waals surface area contributed by atoms with Gasteiger partial charge in [-0.25, -0.2) is 8.78 Å². The average molecular weight is 300 g/mol. The summed E-state index contributed by atoms with van der Waals surface area (Å²) in [5.41, 5.74) is 0.472. The molecule has 1 heterocycles. The van der Waals surface area contributed by atoms with Gasteiger partial charge in [0.2, 0.25) is 11.8 Å². The fourth-order valence-corrected chi connectivity index (χ4v) is 2.77. The lowest BCUT2D eigenvalue weighted by molar-refractivity contribution is -0.132. The van der Waals surface area contributed by atoms with Gasteiger partial charge in [0.1, 0.15) is 6.54 Å². The van der Waals surface area contributed by atoms with Gasteiger partial charge in [-0.2, -0.15) is 0 Å². The van der Waals surface area contributed by atoms with Crippen molar-refractivity contribution in [3.8, 4) is 0 Å². The predicted octanol–water partition coefficient (Wildman–Crippen LogP) is 1.67. The summed E-state index contributed by atoms with van der Waals surface area (Å²) < 4.78 is 25.9. The van der Waals surface area contributed by atoms with E-state index in [4.69, 9.17) is 0 Å². The van der Waals surface area contributed by atoms with Gasteiger partial charge >= 0.3 is 0 Å². The number of carbonyl (C=O) groups is 2. The van der Waals surface area contributed by atoms with Gasteiger partial charge in [0.05, 0.1) is 17.7 Å². The number of halogens is 2. The molecule has 7 heteroatoms. The molecule has 0 bridgehead atoms. The van der Waals surface area contributed by atoms with Crippen LogP contribution in [0.1, 0.15) is 18.5 Å². The molecule has 0 aliphatic carbocycles. The highest BCUT2D eigenvalue weighted by atomic mass is 32.2. The third-order valence-electron chi connectivity index (χ3n) is 2.98. The molecular formula is C13H14F2N2O2S. The first-order chi connectivity index (χ1) is 9.47. The third-order valence-corrected chi connectivity index (χ3v) is 3.93. The summed E-state index contributed by atoms with van der Waals surface area (Å²) in [4.78, 5) is 24.6. The van der Waals surface area contributed by atoms with Gasteiger partial charge in [-0.1, -0.05) is 6.07 Å². The van der Waals surface area contributed by atoms with Crippen molar-refractivity contribution in [1.82, 2.24) is 10.2 Å². The van der Waals surface area contributed by atoms with Crippen molar-refractivity contribution in [1.29, 1.82) is 0 Å². The molecule has 0 radical (unpaired) electrons. The minimum Gasteiger partial charge on any atom is -0.348 e. The summed E-state index contributed by atoms with van der Waals surface area (Å²) >= 11 is 1.46. The Hall–Kier alpha value is -1.63. The molecule has 0 saturated carbocycles. The first kappa shape index (κ1) is 14.8. The van der Waals surface area contributed by atoms with Crippen LogP contribution in [0.3, 0.4) is 0 Å². The van der Waals surface area contributed by atoms with Crippen LogP contribution in [0, 0.1) is 11.6 Å². The van der Waals surface area contributed by atoms with E-state index in [0.29, 0.717) is 17.2 Å². The Kier molecular flexibility index (Phi) is 4.59. The predicted molar refractivity (Wildman–Crippen MR) is 72.0 cm³/mol. The van der Waals surface area contributed by atoms with E-state index in [1.165, 1.54) is 22.7 Å². The van der Waals surface area contributed by atoms with Gasteiger partial charge < -0.3 is 10.2 Å². The van der Waals surface area contributed by atoms with Crippen LogP contribution in [0.4, 0.5) is 8.78 Å². The summed E-state index contributed by atoms with van der Waals surface area (Å²) in [7, 11) is 0. The van der Waals surface area contributed by atoms with E-state index in [-0.39, 0.29) is 18.4 Å². The van der Waals surface area contributed by atoms with Crippen molar-refractivity contribution < 1.29 is 18.4 Å². The summed E-state index contributed by atoms with van der Waals surface area (Å²) in [6.07, 6.45) is 0. The molecular weight excluding hydrogens is 286 g/mol. The van der Waals surface area contributed by atoms with Gasteiger partial charge in [0, 0.05) is 0 Å². The van der Waals surface area contributed by atoms with Crippen LogP contribution in [0.2, 0.25) is 0 Å². The lowest BCUT2D eigenvalue weighted by Crippen LogP contribution is -2.39. The molecule has 20 heavy (non-hydrogen) atoms. The lowest BCUT2D eigenvalue weighted by atomic mass is 10.1. The molecule has 1 aromatic carbocycles. The number of benzene rings is 1. The van der Waals surface area contributed by atoms with E-state index in [1.807, 2.05) is 0 Å². The molecule has 108 valence electrons. The maximum Gasteiger partial charge on any atom is 0.240 e.